The highest BCUT2D eigenvalue weighted by Gasteiger charge is 2.14. The average Bonchev–Trinajstić information content (AvgIpc) is 2.32. The summed E-state index contributed by atoms with van der Waals surface area (Å²) in [7, 11) is 3.78. The fourth-order valence-corrected chi connectivity index (χ4v) is 1.80. The molecule has 0 fully saturated rings. The number of rotatable bonds is 6. The highest BCUT2D eigenvalue weighted by molar-refractivity contribution is 6.30. The van der Waals surface area contributed by atoms with Crippen molar-refractivity contribution in [2.75, 3.05) is 20.6 Å². The Morgan fingerprint density at radius 1 is 1.32 bits per heavy atom. The SMILES string of the molecule is CC(=O)/C(=C/c1cccc(Cl)c1)C(=O)CCN(C)C. The van der Waals surface area contributed by atoms with Crippen LogP contribution in [0.5, 0.6) is 0 Å². The van der Waals surface area contributed by atoms with Crippen LogP contribution in [0.25, 0.3) is 6.08 Å². The fraction of sp³-hybridized carbons (Fsp3) is 0.333. The summed E-state index contributed by atoms with van der Waals surface area (Å²) in [5.41, 5.74) is 0.986. The first-order valence-corrected chi connectivity index (χ1v) is 6.44. The van der Waals surface area contributed by atoms with Crippen molar-refractivity contribution in [1.82, 2.24) is 4.90 Å². The highest BCUT2D eigenvalue weighted by atomic mass is 35.5. The van der Waals surface area contributed by atoms with Crippen LogP contribution in [0, 0.1) is 0 Å². The van der Waals surface area contributed by atoms with E-state index in [1.807, 2.05) is 25.1 Å². The molecule has 1 aromatic carbocycles. The number of carbonyl (C=O) groups is 2. The van der Waals surface area contributed by atoms with Gasteiger partial charge in [0.2, 0.25) is 0 Å². The van der Waals surface area contributed by atoms with Crippen molar-refractivity contribution in [1.29, 1.82) is 0 Å². The molecule has 0 bridgehead atoms. The maximum atomic E-state index is 12.0. The number of hydrogen-bond acceptors (Lipinski definition) is 3. The summed E-state index contributed by atoms with van der Waals surface area (Å²) < 4.78 is 0. The van der Waals surface area contributed by atoms with E-state index in [9.17, 15) is 9.59 Å². The number of allylic oxidation sites excluding steroid dienone is 1. The fourth-order valence-electron chi connectivity index (χ4n) is 1.60. The maximum absolute atomic E-state index is 12.0. The van der Waals surface area contributed by atoms with Crippen molar-refractivity contribution in [3.05, 3.63) is 40.4 Å². The standard InChI is InChI=1S/C15H18ClNO2/c1-11(18)14(15(19)7-8-17(2)3)10-12-5-4-6-13(16)9-12/h4-6,9-10H,7-8H2,1-3H3/b14-10-. The molecule has 4 heteroatoms. The first-order valence-electron chi connectivity index (χ1n) is 6.06. The first kappa shape index (κ1) is 15.6. The quantitative estimate of drug-likeness (QED) is 0.456. The van der Waals surface area contributed by atoms with E-state index in [1.165, 1.54) is 6.92 Å². The van der Waals surface area contributed by atoms with Gasteiger partial charge in [0.1, 0.15) is 0 Å². The second-order valence-corrected chi connectivity index (χ2v) is 5.08. The highest BCUT2D eigenvalue weighted by Crippen LogP contribution is 2.15. The molecule has 0 aliphatic carbocycles. The minimum atomic E-state index is -0.219. The van der Waals surface area contributed by atoms with Crippen LogP contribution in [0.3, 0.4) is 0 Å². The lowest BCUT2D eigenvalue weighted by atomic mass is 10.0. The van der Waals surface area contributed by atoms with Gasteiger partial charge < -0.3 is 4.90 Å². The minimum Gasteiger partial charge on any atom is -0.309 e. The average molecular weight is 280 g/mol. The van der Waals surface area contributed by atoms with Gasteiger partial charge in [0.15, 0.2) is 11.6 Å². The summed E-state index contributed by atoms with van der Waals surface area (Å²) in [6.45, 7) is 2.03. The lowest BCUT2D eigenvalue weighted by molar-refractivity contribution is -0.120. The normalized spacial score (nSPS) is 11.7. The first-order chi connectivity index (χ1) is 8.90. The van der Waals surface area contributed by atoms with E-state index in [0.717, 1.165) is 5.56 Å². The summed E-state index contributed by atoms with van der Waals surface area (Å²) in [6.07, 6.45) is 1.94. The third kappa shape index (κ3) is 5.37. The van der Waals surface area contributed by atoms with Crippen molar-refractivity contribution in [2.24, 2.45) is 0 Å². The monoisotopic (exact) mass is 279 g/mol. The minimum absolute atomic E-state index is 0.138. The predicted octanol–water partition coefficient (Wildman–Crippen LogP) is 2.83. The number of benzene rings is 1. The van der Waals surface area contributed by atoms with Crippen molar-refractivity contribution < 1.29 is 9.59 Å². The number of carbonyl (C=O) groups excluding carboxylic acids is 2. The molecule has 102 valence electrons. The number of ketones is 2. The lowest BCUT2D eigenvalue weighted by Crippen LogP contribution is -2.19. The zero-order valence-electron chi connectivity index (χ0n) is 11.4. The van der Waals surface area contributed by atoms with Gasteiger partial charge in [-0.3, -0.25) is 9.59 Å². The van der Waals surface area contributed by atoms with Gasteiger partial charge in [-0.25, -0.2) is 0 Å². The number of Topliss-reactive ketones (excluding diaryl/α,β-unsaturated/α-hetero) is 2. The zero-order valence-corrected chi connectivity index (χ0v) is 12.2. The summed E-state index contributed by atoms with van der Waals surface area (Å²) in [5.74, 6) is -0.357. The van der Waals surface area contributed by atoms with Crippen molar-refractivity contribution in [2.45, 2.75) is 13.3 Å². The molecular formula is C15H18ClNO2. The second kappa shape index (κ2) is 7.22. The molecule has 0 atom stereocenters. The zero-order chi connectivity index (χ0) is 14.4. The van der Waals surface area contributed by atoms with Crippen LogP contribution in [0.2, 0.25) is 5.02 Å². The number of halogens is 1. The summed E-state index contributed by atoms with van der Waals surface area (Å²) >= 11 is 5.88. The topological polar surface area (TPSA) is 37.4 Å². The Labute approximate surface area is 118 Å². The third-order valence-electron chi connectivity index (χ3n) is 2.63. The van der Waals surface area contributed by atoms with Gasteiger partial charge in [-0.1, -0.05) is 23.7 Å². The molecule has 0 unspecified atom stereocenters. The molecule has 1 rings (SSSR count). The van der Waals surface area contributed by atoms with Crippen LogP contribution >= 0.6 is 11.6 Å². The van der Waals surface area contributed by atoms with E-state index in [4.69, 9.17) is 11.6 Å². The van der Waals surface area contributed by atoms with Crippen LogP contribution in [-0.2, 0) is 9.59 Å². The maximum Gasteiger partial charge on any atom is 0.167 e. The third-order valence-corrected chi connectivity index (χ3v) is 2.86. The Morgan fingerprint density at radius 2 is 2.00 bits per heavy atom. The second-order valence-electron chi connectivity index (χ2n) is 4.65. The van der Waals surface area contributed by atoms with Gasteiger partial charge in [0, 0.05) is 18.0 Å². The van der Waals surface area contributed by atoms with Crippen molar-refractivity contribution in [3.8, 4) is 0 Å². The molecule has 0 aromatic heterocycles. The van der Waals surface area contributed by atoms with Gasteiger partial charge in [0.05, 0.1) is 5.57 Å². The van der Waals surface area contributed by atoms with E-state index in [0.29, 0.717) is 18.0 Å². The van der Waals surface area contributed by atoms with Crippen LogP contribution in [0.15, 0.2) is 29.8 Å². The van der Waals surface area contributed by atoms with Gasteiger partial charge in [-0.2, -0.15) is 0 Å². The Morgan fingerprint density at radius 3 is 2.53 bits per heavy atom. The van der Waals surface area contributed by atoms with Crippen molar-refractivity contribution in [3.63, 3.8) is 0 Å². The Bertz CT molecular complexity index is 507. The van der Waals surface area contributed by atoms with Gasteiger partial charge in [-0.15, -0.1) is 0 Å². The molecule has 1 aromatic rings. The van der Waals surface area contributed by atoms with E-state index in [1.54, 1.807) is 24.3 Å². The van der Waals surface area contributed by atoms with Gasteiger partial charge >= 0.3 is 0 Å². The van der Waals surface area contributed by atoms with E-state index in [-0.39, 0.29) is 17.1 Å². The molecule has 0 aliphatic rings. The summed E-state index contributed by atoms with van der Waals surface area (Å²) in [5, 5.41) is 0.581. The van der Waals surface area contributed by atoms with Crippen LogP contribution in [0.4, 0.5) is 0 Å². The largest absolute Gasteiger partial charge is 0.309 e. The predicted molar refractivity (Wildman–Crippen MR) is 78.3 cm³/mol. The molecule has 0 saturated carbocycles. The molecule has 3 nitrogen and oxygen atoms in total. The molecule has 0 saturated heterocycles. The number of nitrogens with zero attached hydrogens (tertiary/aromatic N) is 1. The smallest absolute Gasteiger partial charge is 0.167 e. The van der Waals surface area contributed by atoms with E-state index >= 15 is 0 Å². The Balaban J connectivity index is 2.94. The molecule has 0 N–H and O–H groups in total. The Kier molecular flexibility index (Phi) is 5.93. The van der Waals surface area contributed by atoms with Crippen LogP contribution in [0.1, 0.15) is 18.9 Å². The molecule has 0 heterocycles. The van der Waals surface area contributed by atoms with E-state index < -0.39 is 0 Å². The molecule has 0 spiro atoms. The van der Waals surface area contributed by atoms with Crippen molar-refractivity contribution >= 4 is 29.2 Å². The van der Waals surface area contributed by atoms with Crippen LogP contribution < -0.4 is 0 Å². The summed E-state index contributed by atoms with van der Waals surface area (Å²) in [6, 6.07) is 7.08. The Hall–Kier alpha value is -1.45. The van der Waals surface area contributed by atoms with Gasteiger partial charge in [0.25, 0.3) is 0 Å². The van der Waals surface area contributed by atoms with Gasteiger partial charge in [-0.05, 0) is 44.8 Å². The molecule has 0 aliphatic heterocycles. The lowest BCUT2D eigenvalue weighted by Gasteiger charge is -2.09. The molecule has 19 heavy (non-hydrogen) atoms. The summed E-state index contributed by atoms with van der Waals surface area (Å²) in [4.78, 5) is 25.5. The molecule has 0 amide bonds. The molecular weight excluding hydrogens is 262 g/mol. The number of hydrogen-bond donors (Lipinski definition) is 0. The molecule has 0 radical (unpaired) electrons. The van der Waals surface area contributed by atoms with Crippen LogP contribution in [-0.4, -0.2) is 37.1 Å². The van der Waals surface area contributed by atoms with E-state index in [2.05, 4.69) is 0 Å².